The minimum Gasteiger partial charge on any atom is -0.462 e. The molecule has 0 bridgehead atoms. The molecule has 0 rings (SSSR count). The molecule has 6 heteroatoms. The van der Waals surface area contributed by atoms with E-state index in [1.165, 1.54) is 250 Å². The molecule has 0 amide bonds. The van der Waals surface area contributed by atoms with Crippen LogP contribution in [0.1, 0.15) is 367 Å². The fourth-order valence-corrected chi connectivity index (χ4v) is 10.3. The lowest BCUT2D eigenvalue weighted by atomic mass is 10.0. The summed E-state index contributed by atoms with van der Waals surface area (Å²) >= 11 is 0. The van der Waals surface area contributed by atoms with E-state index >= 15 is 0 Å². The van der Waals surface area contributed by atoms with Gasteiger partial charge >= 0.3 is 17.9 Å². The summed E-state index contributed by atoms with van der Waals surface area (Å²) in [4.78, 5) is 38.5. The van der Waals surface area contributed by atoms with Crippen LogP contribution in [-0.2, 0) is 28.6 Å². The number of carbonyl (C=O) groups is 3. The van der Waals surface area contributed by atoms with Crippen molar-refractivity contribution in [2.45, 2.75) is 374 Å². The monoisotopic (exact) mass is 1130 g/mol. The Morgan fingerprint density at radius 2 is 0.444 bits per heavy atom. The van der Waals surface area contributed by atoms with Crippen molar-refractivity contribution in [2.75, 3.05) is 13.2 Å². The van der Waals surface area contributed by atoms with E-state index in [4.69, 9.17) is 14.2 Å². The van der Waals surface area contributed by atoms with Gasteiger partial charge in [0.25, 0.3) is 0 Å². The molecule has 81 heavy (non-hydrogen) atoms. The molecule has 0 aromatic rings. The summed E-state index contributed by atoms with van der Waals surface area (Å²) in [6, 6.07) is 0. The van der Waals surface area contributed by atoms with Gasteiger partial charge in [0.1, 0.15) is 13.2 Å². The van der Waals surface area contributed by atoms with Crippen LogP contribution in [0.5, 0.6) is 0 Å². The molecule has 0 saturated carbocycles. The summed E-state index contributed by atoms with van der Waals surface area (Å²) in [7, 11) is 0. The third kappa shape index (κ3) is 67.5. The highest BCUT2D eigenvalue weighted by molar-refractivity contribution is 5.71. The summed E-state index contributed by atoms with van der Waals surface area (Å²) in [5.74, 6) is -0.867. The molecule has 0 heterocycles. The molecule has 0 fully saturated rings. The first-order valence-corrected chi connectivity index (χ1v) is 35.4. The molecule has 0 aliphatic carbocycles. The molecule has 0 spiro atoms. The van der Waals surface area contributed by atoms with Gasteiger partial charge in [-0.25, -0.2) is 0 Å². The molecule has 0 saturated heterocycles. The van der Waals surface area contributed by atoms with Crippen LogP contribution in [0.25, 0.3) is 0 Å². The number of hydrogen-bond donors (Lipinski definition) is 0. The second-order valence-corrected chi connectivity index (χ2v) is 23.8. The fourth-order valence-electron chi connectivity index (χ4n) is 10.3. The lowest BCUT2D eigenvalue weighted by Crippen LogP contribution is -2.30. The molecule has 6 nitrogen and oxygen atoms in total. The Labute approximate surface area is 503 Å². The molecule has 0 aliphatic heterocycles. The molecule has 0 N–H and O–H groups in total. The zero-order valence-corrected chi connectivity index (χ0v) is 54.1. The van der Waals surface area contributed by atoms with Gasteiger partial charge in [-0.3, -0.25) is 14.4 Å². The van der Waals surface area contributed by atoms with Gasteiger partial charge in [0, 0.05) is 19.3 Å². The third-order valence-corrected chi connectivity index (χ3v) is 15.7. The van der Waals surface area contributed by atoms with Crippen LogP contribution in [-0.4, -0.2) is 37.2 Å². The lowest BCUT2D eigenvalue weighted by molar-refractivity contribution is -0.167. The molecular weight excluding hydrogens is 997 g/mol. The molecule has 470 valence electrons. The molecular formula is C75H134O6. The van der Waals surface area contributed by atoms with E-state index in [-0.39, 0.29) is 31.1 Å². The minimum atomic E-state index is -0.782. The van der Waals surface area contributed by atoms with Crippen LogP contribution in [0.3, 0.4) is 0 Å². The number of unbranched alkanes of at least 4 members (excludes halogenated alkanes) is 42. The summed E-state index contributed by atoms with van der Waals surface area (Å²) < 4.78 is 17.0. The highest BCUT2D eigenvalue weighted by atomic mass is 16.6. The maximum atomic E-state index is 13.0. The predicted molar refractivity (Wildman–Crippen MR) is 353 cm³/mol. The Balaban J connectivity index is 4.35. The van der Waals surface area contributed by atoms with E-state index in [2.05, 4.69) is 93.7 Å². The van der Waals surface area contributed by atoms with Crippen LogP contribution < -0.4 is 0 Å². The molecule has 0 radical (unpaired) electrons. The summed E-state index contributed by atoms with van der Waals surface area (Å²) in [6.45, 7) is 6.65. The summed E-state index contributed by atoms with van der Waals surface area (Å²) in [5.41, 5.74) is 0. The van der Waals surface area contributed by atoms with E-state index < -0.39 is 6.10 Å². The number of carbonyl (C=O) groups excluding carboxylic acids is 3. The average molecular weight is 1130 g/mol. The van der Waals surface area contributed by atoms with Crippen molar-refractivity contribution in [3.05, 3.63) is 72.9 Å². The van der Waals surface area contributed by atoms with Gasteiger partial charge in [0.2, 0.25) is 0 Å². The predicted octanol–water partition coefficient (Wildman–Crippen LogP) is 24.4. The van der Waals surface area contributed by atoms with Crippen molar-refractivity contribution < 1.29 is 28.6 Å². The van der Waals surface area contributed by atoms with Gasteiger partial charge in [-0.2, -0.15) is 0 Å². The van der Waals surface area contributed by atoms with Crippen molar-refractivity contribution in [3.63, 3.8) is 0 Å². The van der Waals surface area contributed by atoms with E-state index in [9.17, 15) is 14.4 Å². The average Bonchev–Trinajstić information content (AvgIpc) is 3.47. The topological polar surface area (TPSA) is 78.9 Å². The van der Waals surface area contributed by atoms with Crippen LogP contribution in [0, 0.1) is 0 Å². The zero-order chi connectivity index (χ0) is 58.5. The summed E-state index contributed by atoms with van der Waals surface area (Å²) in [6.07, 6.45) is 90.6. The second-order valence-electron chi connectivity index (χ2n) is 23.8. The minimum absolute atomic E-state index is 0.0771. The Morgan fingerprint density at radius 1 is 0.247 bits per heavy atom. The number of hydrogen-bond acceptors (Lipinski definition) is 6. The highest BCUT2D eigenvalue weighted by Crippen LogP contribution is 2.17. The number of rotatable bonds is 65. The first kappa shape index (κ1) is 77.9. The van der Waals surface area contributed by atoms with Crippen molar-refractivity contribution in [1.29, 1.82) is 0 Å². The zero-order valence-electron chi connectivity index (χ0n) is 54.1. The highest BCUT2D eigenvalue weighted by Gasteiger charge is 2.19. The third-order valence-electron chi connectivity index (χ3n) is 15.7. The number of allylic oxidation sites excluding steroid dienone is 12. The van der Waals surface area contributed by atoms with Crippen molar-refractivity contribution in [3.8, 4) is 0 Å². The normalized spacial score (nSPS) is 12.5. The molecule has 0 aromatic heterocycles. The van der Waals surface area contributed by atoms with Gasteiger partial charge in [0.15, 0.2) is 6.10 Å². The van der Waals surface area contributed by atoms with Gasteiger partial charge in [-0.05, 0) is 116 Å². The number of esters is 3. The van der Waals surface area contributed by atoms with Gasteiger partial charge < -0.3 is 14.2 Å². The molecule has 0 aromatic carbocycles. The van der Waals surface area contributed by atoms with E-state index in [0.29, 0.717) is 19.3 Å². The van der Waals surface area contributed by atoms with Crippen LogP contribution in [0.15, 0.2) is 72.9 Å². The first-order chi connectivity index (χ1) is 40.0. The summed E-state index contributed by atoms with van der Waals surface area (Å²) in [5, 5.41) is 0. The SMILES string of the molecule is CCCCC/C=C\C/C=C\CCCCCCCCCCCC(=O)OC(COC(=O)CCCCCCCCCCC/C=C\CCCCCCCC)COC(=O)CCCCCCCCCCCC/C=C\C/C=C\C/C=C\CCCCCCC. The first-order valence-electron chi connectivity index (χ1n) is 35.4. The standard InChI is InChI=1S/C75H134O6/c1-4-7-10-13-16-19-22-25-28-31-34-35-36-37-38-39-42-44-47-50-53-56-59-62-65-68-74(77)80-71-72(81-75(78)69-66-63-60-57-54-51-48-45-41-33-30-27-24-21-18-15-12-9-6-3)70-79-73(76)67-64-61-58-55-52-49-46-43-40-32-29-26-23-20-17-14-11-8-5-2/h18,21-22,25-27,29-31,34,36-37,72H,4-17,19-20,23-24,28,32-33,35,38-71H2,1-3H3/b21-18-,25-22-,29-26-,30-27-,34-31-,37-36-. The van der Waals surface area contributed by atoms with Crippen LogP contribution in [0.2, 0.25) is 0 Å². The van der Waals surface area contributed by atoms with Crippen molar-refractivity contribution in [2.24, 2.45) is 0 Å². The Hall–Kier alpha value is -3.15. The quantitative estimate of drug-likeness (QED) is 0.0261. The Bertz CT molecular complexity index is 1490. The number of ether oxygens (including phenoxy) is 3. The van der Waals surface area contributed by atoms with E-state index in [1.54, 1.807) is 0 Å². The van der Waals surface area contributed by atoms with Gasteiger partial charge in [-0.1, -0.05) is 306 Å². The second kappa shape index (κ2) is 69.3. The van der Waals surface area contributed by atoms with Gasteiger partial charge in [-0.15, -0.1) is 0 Å². The Kier molecular flexibility index (Phi) is 66.6. The van der Waals surface area contributed by atoms with Crippen molar-refractivity contribution >= 4 is 17.9 Å². The van der Waals surface area contributed by atoms with Crippen LogP contribution >= 0.6 is 0 Å². The largest absolute Gasteiger partial charge is 0.462 e. The van der Waals surface area contributed by atoms with E-state index in [1.807, 2.05) is 0 Å². The fraction of sp³-hybridized carbons (Fsp3) is 0.800. The maximum Gasteiger partial charge on any atom is 0.306 e. The molecule has 1 atom stereocenters. The lowest BCUT2D eigenvalue weighted by Gasteiger charge is -2.18. The van der Waals surface area contributed by atoms with Crippen LogP contribution in [0.4, 0.5) is 0 Å². The molecule has 0 aliphatic rings. The maximum absolute atomic E-state index is 13.0. The molecule has 1 unspecified atom stereocenters. The van der Waals surface area contributed by atoms with E-state index in [0.717, 1.165) is 77.0 Å². The van der Waals surface area contributed by atoms with Crippen molar-refractivity contribution in [1.82, 2.24) is 0 Å². The van der Waals surface area contributed by atoms with Gasteiger partial charge in [0.05, 0.1) is 0 Å². The smallest absolute Gasteiger partial charge is 0.306 e. The Morgan fingerprint density at radius 3 is 0.728 bits per heavy atom.